The van der Waals surface area contributed by atoms with Crippen LogP contribution in [0, 0.1) is 13.8 Å². The molecule has 0 unspecified atom stereocenters. The molecule has 3 aromatic rings. The van der Waals surface area contributed by atoms with E-state index in [2.05, 4.69) is 27.2 Å². The van der Waals surface area contributed by atoms with Gasteiger partial charge in [0, 0.05) is 36.0 Å². The lowest BCUT2D eigenvalue weighted by Gasteiger charge is -2.16. The Morgan fingerprint density at radius 2 is 2.00 bits per heavy atom. The van der Waals surface area contributed by atoms with Gasteiger partial charge in [-0.2, -0.15) is 0 Å². The van der Waals surface area contributed by atoms with E-state index in [1.165, 1.54) is 5.56 Å². The molecule has 4 rings (SSSR count). The molecule has 0 spiro atoms. The lowest BCUT2D eigenvalue weighted by molar-refractivity contribution is -0.120. The minimum atomic E-state index is -0.119. The number of carbonyl (C=O) groups excluding carboxylic acids is 2. The highest BCUT2D eigenvalue weighted by Crippen LogP contribution is 2.31. The van der Waals surface area contributed by atoms with Gasteiger partial charge in [0.05, 0.1) is 13.0 Å². The Labute approximate surface area is 169 Å². The average Bonchev–Trinajstić information content (AvgIpc) is 3.24. The molecule has 0 saturated carbocycles. The standard InChI is InChI=1S/C23H25N3O3/c1-15-11-18(25-29-15)13-24-22(28)12-19-16(2)26(14-17-7-4-3-5-8-17)20-9-6-10-21(27)23(19)20/h3-5,7-8,11H,6,9-10,12-14H2,1-2H3,(H,24,28). The SMILES string of the molecule is Cc1cc(CNC(=O)Cc2c3c(n(Cc4ccccc4)c2C)CCCC3=O)no1. The summed E-state index contributed by atoms with van der Waals surface area (Å²) in [5.41, 5.74) is 5.56. The van der Waals surface area contributed by atoms with Crippen molar-refractivity contribution in [1.29, 1.82) is 0 Å². The van der Waals surface area contributed by atoms with E-state index in [0.717, 1.165) is 35.4 Å². The number of nitrogens with zero attached hydrogens (tertiary/aromatic N) is 2. The summed E-state index contributed by atoms with van der Waals surface area (Å²) in [7, 11) is 0. The Morgan fingerprint density at radius 1 is 1.21 bits per heavy atom. The molecular weight excluding hydrogens is 366 g/mol. The van der Waals surface area contributed by atoms with Gasteiger partial charge in [-0.1, -0.05) is 35.5 Å². The van der Waals surface area contributed by atoms with E-state index in [-0.39, 0.29) is 18.1 Å². The lowest BCUT2D eigenvalue weighted by Crippen LogP contribution is -2.25. The van der Waals surface area contributed by atoms with Gasteiger partial charge in [-0.3, -0.25) is 9.59 Å². The number of benzene rings is 1. The van der Waals surface area contributed by atoms with Crippen molar-refractivity contribution in [1.82, 2.24) is 15.0 Å². The van der Waals surface area contributed by atoms with Crippen LogP contribution in [0.25, 0.3) is 0 Å². The van der Waals surface area contributed by atoms with Gasteiger partial charge < -0.3 is 14.4 Å². The predicted octanol–water partition coefficient (Wildman–Crippen LogP) is 3.52. The lowest BCUT2D eigenvalue weighted by atomic mass is 9.92. The van der Waals surface area contributed by atoms with E-state index in [9.17, 15) is 9.59 Å². The van der Waals surface area contributed by atoms with Crippen molar-refractivity contribution >= 4 is 11.7 Å². The van der Waals surface area contributed by atoms with E-state index >= 15 is 0 Å². The number of amides is 1. The van der Waals surface area contributed by atoms with Crippen LogP contribution in [0.3, 0.4) is 0 Å². The molecule has 1 aromatic carbocycles. The van der Waals surface area contributed by atoms with Gasteiger partial charge in [-0.05, 0) is 37.8 Å². The third-order valence-electron chi connectivity index (χ3n) is 5.52. The maximum atomic E-state index is 12.7. The number of Topliss-reactive ketones (excluding diaryl/α,β-unsaturated/α-hetero) is 1. The van der Waals surface area contributed by atoms with E-state index < -0.39 is 0 Å². The molecule has 0 saturated heterocycles. The third kappa shape index (κ3) is 4.01. The minimum Gasteiger partial charge on any atom is -0.361 e. The third-order valence-corrected chi connectivity index (χ3v) is 5.52. The van der Waals surface area contributed by atoms with Crippen molar-refractivity contribution in [2.45, 2.75) is 52.6 Å². The number of aryl methyl sites for hydroxylation is 1. The summed E-state index contributed by atoms with van der Waals surface area (Å²) in [4.78, 5) is 25.3. The molecule has 1 aliphatic rings. The quantitative estimate of drug-likeness (QED) is 0.697. The van der Waals surface area contributed by atoms with Crippen molar-refractivity contribution in [2.24, 2.45) is 0 Å². The van der Waals surface area contributed by atoms with Crippen LogP contribution in [-0.2, 0) is 30.7 Å². The number of fused-ring (bicyclic) bond motifs is 1. The summed E-state index contributed by atoms with van der Waals surface area (Å²) in [6.07, 6.45) is 2.48. The fourth-order valence-electron chi connectivity index (χ4n) is 4.10. The fraction of sp³-hybridized carbons (Fsp3) is 0.348. The fourth-order valence-corrected chi connectivity index (χ4v) is 4.10. The highest BCUT2D eigenvalue weighted by Gasteiger charge is 2.29. The van der Waals surface area contributed by atoms with Crippen LogP contribution >= 0.6 is 0 Å². The molecule has 1 amide bonds. The summed E-state index contributed by atoms with van der Waals surface area (Å²) in [6, 6.07) is 12.0. The molecular formula is C23H25N3O3. The first kappa shape index (κ1) is 19.2. The highest BCUT2D eigenvalue weighted by molar-refractivity contribution is 6.01. The molecule has 0 aliphatic heterocycles. The van der Waals surface area contributed by atoms with Crippen molar-refractivity contribution in [3.05, 3.63) is 75.9 Å². The van der Waals surface area contributed by atoms with Crippen LogP contribution in [0.4, 0.5) is 0 Å². The number of nitrogens with one attached hydrogen (secondary N) is 1. The number of hydrogen-bond donors (Lipinski definition) is 1. The van der Waals surface area contributed by atoms with Crippen molar-refractivity contribution < 1.29 is 14.1 Å². The molecule has 1 aliphatic carbocycles. The van der Waals surface area contributed by atoms with Crippen LogP contribution in [-0.4, -0.2) is 21.4 Å². The molecule has 2 heterocycles. The summed E-state index contributed by atoms with van der Waals surface area (Å²) in [6.45, 7) is 4.85. The van der Waals surface area contributed by atoms with Crippen molar-refractivity contribution in [3.63, 3.8) is 0 Å². The number of aromatic nitrogens is 2. The Balaban J connectivity index is 1.58. The van der Waals surface area contributed by atoms with Gasteiger partial charge >= 0.3 is 0 Å². The van der Waals surface area contributed by atoms with Gasteiger partial charge in [0.15, 0.2) is 5.78 Å². The smallest absolute Gasteiger partial charge is 0.224 e. The first-order chi connectivity index (χ1) is 14.0. The molecule has 2 aromatic heterocycles. The molecule has 0 bridgehead atoms. The molecule has 0 fully saturated rings. The Hall–Kier alpha value is -3.15. The molecule has 29 heavy (non-hydrogen) atoms. The summed E-state index contributed by atoms with van der Waals surface area (Å²) < 4.78 is 7.25. The Morgan fingerprint density at radius 3 is 2.72 bits per heavy atom. The minimum absolute atomic E-state index is 0.119. The molecule has 150 valence electrons. The van der Waals surface area contributed by atoms with Crippen molar-refractivity contribution in [2.75, 3.05) is 0 Å². The second kappa shape index (κ2) is 8.07. The zero-order valence-electron chi connectivity index (χ0n) is 16.8. The van der Waals surface area contributed by atoms with E-state index in [1.807, 2.05) is 32.0 Å². The van der Waals surface area contributed by atoms with Gasteiger partial charge in [0.25, 0.3) is 0 Å². The highest BCUT2D eigenvalue weighted by atomic mass is 16.5. The molecule has 6 nitrogen and oxygen atoms in total. The number of ketones is 1. The number of hydrogen-bond acceptors (Lipinski definition) is 4. The molecule has 0 atom stereocenters. The van der Waals surface area contributed by atoms with Crippen molar-refractivity contribution in [3.8, 4) is 0 Å². The van der Waals surface area contributed by atoms with Gasteiger partial charge in [0.2, 0.25) is 5.91 Å². The molecule has 0 radical (unpaired) electrons. The monoisotopic (exact) mass is 391 g/mol. The van der Waals surface area contributed by atoms with E-state index in [0.29, 0.717) is 31.0 Å². The molecule has 1 N–H and O–H groups in total. The topological polar surface area (TPSA) is 77.1 Å². The van der Waals surface area contributed by atoms with Crippen LogP contribution < -0.4 is 5.32 Å². The largest absolute Gasteiger partial charge is 0.361 e. The van der Waals surface area contributed by atoms with Crippen LogP contribution in [0.1, 0.15) is 57.2 Å². The summed E-state index contributed by atoms with van der Waals surface area (Å²) in [5, 5.41) is 6.78. The van der Waals surface area contributed by atoms with Crippen LogP contribution in [0.15, 0.2) is 40.9 Å². The van der Waals surface area contributed by atoms with Gasteiger partial charge in [-0.25, -0.2) is 0 Å². The van der Waals surface area contributed by atoms with Gasteiger partial charge in [0.1, 0.15) is 11.5 Å². The zero-order valence-corrected chi connectivity index (χ0v) is 16.8. The van der Waals surface area contributed by atoms with Crippen LogP contribution in [0.5, 0.6) is 0 Å². The van der Waals surface area contributed by atoms with Crippen LogP contribution in [0.2, 0.25) is 0 Å². The summed E-state index contributed by atoms with van der Waals surface area (Å²) in [5.74, 6) is 0.741. The first-order valence-corrected chi connectivity index (χ1v) is 9.99. The first-order valence-electron chi connectivity index (χ1n) is 9.99. The Bertz CT molecular complexity index is 1050. The second-order valence-corrected chi connectivity index (χ2v) is 7.62. The molecule has 6 heteroatoms. The number of carbonyl (C=O) groups is 2. The zero-order chi connectivity index (χ0) is 20.4. The summed E-state index contributed by atoms with van der Waals surface area (Å²) >= 11 is 0. The maximum absolute atomic E-state index is 12.7. The Kier molecular flexibility index (Phi) is 5.34. The average molecular weight is 391 g/mol. The predicted molar refractivity (Wildman–Crippen MR) is 109 cm³/mol. The normalized spacial score (nSPS) is 13.4. The van der Waals surface area contributed by atoms with E-state index in [4.69, 9.17) is 4.52 Å². The van der Waals surface area contributed by atoms with Gasteiger partial charge in [-0.15, -0.1) is 0 Å². The number of rotatable bonds is 6. The second-order valence-electron chi connectivity index (χ2n) is 7.62. The van der Waals surface area contributed by atoms with E-state index in [1.54, 1.807) is 6.07 Å². The maximum Gasteiger partial charge on any atom is 0.224 e.